The summed E-state index contributed by atoms with van der Waals surface area (Å²) in [4.78, 5) is 21.2. The number of carbonyl (C=O) groups excluding carboxylic acids is 1. The topological polar surface area (TPSA) is 57.1 Å². The molecule has 1 saturated heterocycles. The van der Waals surface area contributed by atoms with Gasteiger partial charge in [0, 0.05) is 12.6 Å². The van der Waals surface area contributed by atoms with Crippen LogP contribution in [0, 0.1) is 0 Å². The largest absolute Gasteiger partial charge is 0.304 e. The Kier molecular flexibility index (Phi) is 7.17. The van der Waals surface area contributed by atoms with Gasteiger partial charge in [0.1, 0.15) is 6.04 Å². The van der Waals surface area contributed by atoms with E-state index in [2.05, 4.69) is 26.2 Å². The Morgan fingerprint density at radius 2 is 2.25 bits per heavy atom. The molecule has 2 atom stereocenters. The SMILES string of the molecule is CCN=C=NC(=O)C1NCCC1N(C)C.Cl. The van der Waals surface area contributed by atoms with Crippen molar-refractivity contribution >= 4 is 24.3 Å². The molecule has 0 aromatic carbocycles. The van der Waals surface area contributed by atoms with Crippen LogP contribution < -0.4 is 5.32 Å². The number of amides is 1. The molecular weight excluding hydrogens is 228 g/mol. The number of carbonyl (C=O) groups is 1. The smallest absolute Gasteiger partial charge is 0.273 e. The molecule has 0 aliphatic carbocycles. The fraction of sp³-hybridized carbons (Fsp3) is 0.800. The van der Waals surface area contributed by atoms with Crippen molar-refractivity contribution in [2.45, 2.75) is 25.4 Å². The summed E-state index contributed by atoms with van der Waals surface area (Å²) in [7, 11) is 3.95. The summed E-state index contributed by atoms with van der Waals surface area (Å²) in [5.74, 6) is -0.177. The summed E-state index contributed by atoms with van der Waals surface area (Å²) in [6.07, 6.45) is 0.976. The number of likely N-dealkylation sites (N-methyl/N-ethyl adjacent to an activating group) is 1. The van der Waals surface area contributed by atoms with Gasteiger partial charge in [-0.2, -0.15) is 0 Å². The first-order chi connectivity index (χ1) is 7.16. The molecule has 0 bridgehead atoms. The van der Waals surface area contributed by atoms with Gasteiger partial charge in [-0.25, -0.2) is 4.99 Å². The van der Waals surface area contributed by atoms with Gasteiger partial charge in [-0.1, -0.05) is 0 Å². The van der Waals surface area contributed by atoms with Gasteiger partial charge in [0.2, 0.25) is 0 Å². The van der Waals surface area contributed by atoms with E-state index in [1.54, 1.807) is 0 Å². The molecule has 1 rings (SSSR count). The van der Waals surface area contributed by atoms with Gasteiger partial charge in [0.25, 0.3) is 5.91 Å². The standard InChI is InChI=1S/C10H18N4O.ClH/c1-4-11-7-13-10(15)9-8(14(2)3)5-6-12-9;/h8-9,12H,4-6H2,1-3H3;1H. The Hall–Kier alpha value is -0.740. The van der Waals surface area contributed by atoms with Gasteiger partial charge in [-0.05, 0) is 34.0 Å². The first kappa shape index (κ1) is 15.3. The van der Waals surface area contributed by atoms with Gasteiger partial charge < -0.3 is 10.2 Å². The summed E-state index contributed by atoms with van der Waals surface area (Å²) < 4.78 is 0. The molecule has 6 heteroatoms. The molecule has 0 radical (unpaired) electrons. The van der Waals surface area contributed by atoms with Crippen LogP contribution in [-0.2, 0) is 4.79 Å². The van der Waals surface area contributed by atoms with Crippen LogP contribution >= 0.6 is 12.4 Å². The number of halogens is 1. The van der Waals surface area contributed by atoms with E-state index in [0.29, 0.717) is 6.54 Å². The summed E-state index contributed by atoms with van der Waals surface area (Å²) in [5, 5.41) is 3.15. The fourth-order valence-electron chi connectivity index (χ4n) is 1.72. The van der Waals surface area contributed by atoms with E-state index in [4.69, 9.17) is 0 Å². The van der Waals surface area contributed by atoms with Gasteiger partial charge in [0.05, 0.1) is 6.01 Å². The third-order valence-corrected chi connectivity index (χ3v) is 2.51. The molecule has 0 saturated carbocycles. The molecule has 2 unspecified atom stereocenters. The number of hydrogen-bond acceptors (Lipinski definition) is 4. The van der Waals surface area contributed by atoms with Crippen LogP contribution in [0.5, 0.6) is 0 Å². The van der Waals surface area contributed by atoms with Crippen molar-refractivity contribution in [2.24, 2.45) is 9.98 Å². The number of rotatable bonds is 3. The van der Waals surface area contributed by atoms with Crippen LogP contribution in [0.1, 0.15) is 13.3 Å². The van der Waals surface area contributed by atoms with Gasteiger partial charge >= 0.3 is 0 Å². The molecule has 1 aliphatic rings. The van der Waals surface area contributed by atoms with E-state index in [9.17, 15) is 4.79 Å². The van der Waals surface area contributed by atoms with E-state index in [-0.39, 0.29) is 30.4 Å². The molecule has 92 valence electrons. The maximum atomic E-state index is 11.7. The number of nitrogens with zero attached hydrogens (tertiary/aromatic N) is 3. The molecular formula is C10H19ClN4O. The minimum absolute atomic E-state index is 0. The average Bonchev–Trinajstić information content (AvgIpc) is 2.66. The average molecular weight is 247 g/mol. The lowest BCUT2D eigenvalue weighted by molar-refractivity contribution is -0.120. The maximum absolute atomic E-state index is 11.7. The van der Waals surface area contributed by atoms with Crippen molar-refractivity contribution in [1.29, 1.82) is 0 Å². The van der Waals surface area contributed by atoms with Crippen LogP contribution in [0.4, 0.5) is 0 Å². The fourth-order valence-corrected chi connectivity index (χ4v) is 1.72. The zero-order valence-corrected chi connectivity index (χ0v) is 10.8. The molecule has 16 heavy (non-hydrogen) atoms. The third-order valence-electron chi connectivity index (χ3n) is 2.51. The quantitative estimate of drug-likeness (QED) is 0.735. The maximum Gasteiger partial charge on any atom is 0.273 e. The third kappa shape index (κ3) is 4.02. The zero-order chi connectivity index (χ0) is 11.3. The molecule has 0 aromatic rings. The second kappa shape index (κ2) is 7.52. The predicted molar refractivity (Wildman–Crippen MR) is 66.5 cm³/mol. The lowest BCUT2D eigenvalue weighted by Gasteiger charge is -2.22. The van der Waals surface area contributed by atoms with E-state index in [0.717, 1.165) is 13.0 Å². The second-order valence-electron chi connectivity index (χ2n) is 3.78. The first-order valence-corrected chi connectivity index (χ1v) is 5.22. The monoisotopic (exact) mass is 246 g/mol. The van der Waals surface area contributed by atoms with E-state index in [1.807, 2.05) is 21.0 Å². The van der Waals surface area contributed by atoms with Crippen LogP contribution in [0.25, 0.3) is 0 Å². The highest BCUT2D eigenvalue weighted by atomic mass is 35.5. The van der Waals surface area contributed by atoms with Crippen molar-refractivity contribution in [2.75, 3.05) is 27.2 Å². The van der Waals surface area contributed by atoms with Crippen molar-refractivity contribution in [3.8, 4) is 0 Å². The van der Waals surface area contributed by atoms with Crippen LogP contribution in [-0.4, -0.2) is 56.1 Å². The molecule has 0 spiro atoms. The van der Waals surface area contributed by atoms with Crippen molar-refractivity contribution in [3.05, 3.63) is 0 Å². The predicted octanol–water partition coefficient (Wildman–Crippen LogP) is 0.421. The Bertz CT molecular complexity index is 287. The van der Waals surface area contributed by atoms with Crippen molar-refractivity contribution < 1.29 is 4.79 Å². The lowest BCUT2D eigenvalue weighted by Crippen LogP contribution is -2.44. The molecule has 1 N–H and O–H groups in total. The Labute approximate surface area is 102 Å². The Morgan fingerprint density at radius 1 is 1.56 bits per heavy atom. The lowest BCUT2D eigenvalue weighted by atomic mass is 10.1. The van der Waals surface area contributed by atoms with Gasteiger partial charge in [0.15, 0.2) is 0 Å². The number of hydrogen-bond donors (Lipinski definition) is 1. The first-order valence-electron chi connectivity index (χ1n) is 5.22. The van der Waals surface area contributed by atoms with Crippen LogP contribution in [0.15, 0.2) is 9.98 Å². The molecule has 1 aliphatic heterocycles. The number of nitrogens with one attached hydrogen (secondary N) is 1. The summed E-state index contributed by atoms with van der Waals surface area (Å²) in [6.45, 7) is 3.34. The van der Waals surface area contributed by atoms with Crippen molar-refractivity contribution in [3.63, 3.8) is 0 Å². The number of aliphatic imine (C=N–C) groups is 2. The highest BCUT2D eigenvalue weighted by Gasteiger charge is 2.33. The van der Waals surface area contributed by atoms with Gasteiger partial charge in [-0.15, -0.1) is 17.4 Å². The minimum Gasteiger partial charge on any atom is -0.304 e. The summed E-state index contributed by atoms with van der Waals surface area (Å²) in [5.41, 5.74) is 0. The van der Waals surface area contributed by atoms with Crippen molar-refractivity contribution in [1.82, 2.24) is 10.2 Å². The van der Waals surface area contributed by atoms with Gasteiger partial charge in [-0.3, -0.25) is 4.79 Å². The molecule has 1 amide bonds. The molecule has 1 fully saturated rings. The van der Waals surface area contributed by atoms with E-state index >= 15 is 0 Å². The summed E-state index contributed by atoms with van der Waals surface area (Å²) in [6, 6.07) is 2.43. The minimum atomic E-state index is -0.209. The second-order valence-corrected chi connectivity index (χ2v) is 3.78. The summed E-state index contributed by atoms with van der Waals surface area (Å²) >= 11 is 0. The molecule has 5 nitrogen and oxygen atoms in total. The zero-order valence-electron chi connectivity index (χ0n) is 9.93. The van der Waals surface area contributed by atoms with Crippen LogP contribution in [0.2, 0.25) is 0 Å². The molecule has 0 aromatic heterocycles. The van der Waals surface area contributed by atoms with Crippen LogP contribution in [0.3, 0.4) is 0 Å². The normalized spacial score (nSPS) is 23.5. The Balaban J connectivity index is 0.00000225. The Morgan fingerprint density at radius 3 is 2.81 bits per heavy atom. The highest BCUT2D eigenvalue weighted by Crippen LogP contribution is 2.12. The van der Waals surface area contributed by atoms with E-state index < -0.39 is 0 Å². The van der Waals surface area contributed by atoms with E-state index in [1.165, 1.54) is 0 Å². The molecule has 1 heterocycles. The highest BCUT2D eigenvalue weighted by molar-refractivity contribution is 5.87.